The molecule has 1 aromatic heterocycles. The minimum absolute atomic E-state index is 0.0319. The topological polar surface area (TPSA) is 183 Å². The van der Waals surface area contributed by atoms with Crippen LogP contribution in [0.4, 0.5) is 0 Å². The maximum Gasteiger partial charge on any atom is 0.182 e. The van der Waals surface area contributed by atoms with Crippen molar-refractivity contribution in [3.05, 3.63) is 117 Å². The number of aromatic nitrogens is 3. The van der Waals surface area contributed by atoms with Gasteiger partial charge in [0.2, 0.25) is 0 Å². The number of nitriles is 4. The van der Waals surface area contributed by atoms with E-state index in [9.17, 15) is 21.0 Å². The summed E-state index contributed by atoms with van der Waals surface area (Å²) in [4.78, 5) is 31.2. The Morgan fingerprint density at radius 2 is 1.23 bits per heavy atom. The quantitative estimate of drug-likeness (QED) is 0.373. The number of hydrogen-bond donors (Lipinski definition) is 0. The Morgan fingerprint density at radius 1 is 0.575 bits per heavy atom. The summed E-state index contributed by atoms with van der Waals surface area (Å²) >= 11 is 0. The van der Waals surface area contributed by atoms with Gasteiger partial charge in [-0.05, 0) is 24.3 Å². The van der Waals surface area contributed by atoms with E-state index in [1.807, 2.05) is 42.5 Å². The summed E-state index contributed by atoms with van der Waals surface area (Å²) < 4.78 is 0. The fraction of sp³-hybridized carbons (Fsp3) is 0. The van der Waals surface area contributed by atoms with E-state index in [0.717, 1.165) is 0 Å². The maximum atomic E-state index is 10.1. The highest BCUT2D eigenvalue weighted by molar-refractivity contribution is 5.78. The summed E-state index contributed by atoms with van der Waals surface area (Å²) in [6, 6.07) is 27.3. The zero-order chi connectivity index (χ0) is 27.6. The van der Waals surface area contributed by atoms with Crippen LogP contribution < -0.4 is 21.4 Å². The van der Waals surface area contributed by atoms with Gasteiger partial charge in [0.15, 0.2) is 34.7 Å². The Balaban J connectivity index is 1.62. The molecule has 0 atom stereocenters. The van der Waals surface area contributed by atoms with E-state index in [4.69, 9.17) is 0 Å². The van der Waals surface area contributed by atoms with Crippen LogP contribution >= 0.6 is 0 Å². The first-order valence-corrected chi connectivity index (χ1v) is 11.7. The summed E-state index contributed by atoms with van der Waals surface area (Å²) in [5.74, 6) is 0.506. The van der Waals surface area contributed by atoms with E-state index in [-0.39, 0.29) is 51.2 Å². The molecule has 11 heteroatoms. The number of fused-ring (bicyclic) bond motifs is 2. The largest absolute Gasteiger partial charge is 0.226 e. The third-order valence-corrected chi connectivity index (χ3v) is 5.96. The van der Waals surface area contributed by atoms with Crippen LogP contribution in [-0.2, 0) is 0 Å². The highest BCUT2D eigenvalue weighted by atomic mass is 15.1. The summed E-state index contributed by atoms with van der Waals surface area (Å²) in [5.41, 5.74) is 0.829. The number of nitrogens with zero attached hydrogens (tertiary/aromatic N) is 11. The first kappa shape index (κ1) is 23.7. The second kappa shape index (κ2) is 9.64. The molecule has 3 aromatic carbocycles. The molecule has 182 valence electrons. The lowest BCUT2D eigenvalue weighted by Crippen LogP contribution is -2.25. The lowest BCUT2D eigenvalue weighted by molar-refractivity contribution is 1.03. The van der Waals surface area contributed by atoms with E-state index < -0.39 is 0 Å². The van der Waals surface area contributed by atoms with Crippen LogP contribution in [0.2, 0.25) is 0 Å². The first-order chi connectivity index (χ1) is 19.6. The Labute approximate surface area is 225 Å². The van der Waals surface area contributed by atoms with E-state index in [1.165, 1.54) is 0 Å². The number of allylic oxidation sites excluding steroid dienone is 2. The Morgan fingerprint density at radius 3 is 1.88 bits per heavy atom. The normalized spacial score (nSPS) is 12.1. The molecular weight excluding hydrogens is 502 g/mol. The van der Waals surface area contributed by atoms with Crippen molar-refractivity contribution in [1.29, 1.82) is 21.0 Å². The molecule has 0 aliphatic carbocycles. The molecule has 0 fully saturated rings. The average molecular weight is 513 g/mol. The molecule has 4 aromatic rings. The van der Waals surface area contributed by atoms with Gasteiger partial charge in [0.25, 0.3) is 0 Å². The zero-order valence-electron chi connectivity index (χ0n) is 20.3. The van der Waals surface area contributed by atoms with Crippen LogP contribution in [0.1, 0.15) is 11.4 Å². The summed E-state index contributed by atoms with van der Waals surface area (Å²) in [6.45, 7) is 0. The molecule has 0 N–H and O–H groups in total. The molecule has 0 bridgehead atoms. The van der Waals surface area contributed by atoms with Gasteiger partial charge in [0, 0.05) is 11.1 Å². The van der Waals surface area contributed by atoms with Gasteiger partial charge in [-0.3, -0.25) is 0 Å². The lowest BCUT2D eigenvalue weighted by Gasteiger charge is -2.08. The summed E-state index contributed by atoms with van der Waals surface area (Å²) in [6.07, 6.45) is 0. The van der Waals surface area contributed by atoms with E-state index in [0.29, 0.717) is 27.2 Å². The predicted molar refractivity (Wildman–Crippen MR) is 137 cm³/mol. The Kier molecular flexibility index (Phi) is 5.71. The minimum Gasteiger partial charge on any atom is -0.226 e. The molecule has 0 saturated carbocycles. The van der Waals surface area contributed by atoms with Gasteiger partial charge in [-0.1, -0.05) is 42.5 Å². The Bertz CT molecular complexity index is 2200. The molecule has 0 amide bonds. The van der Waals surface area contributed by atoms with Gasteiger partial charge in [-0.15, -0.1) is 0 Å². The smallest absolute Gasteiger partial charge is 0.182 e. The van der Waals surface area contributed by atoms with Gasteiger partial charge < -0.3 is 0 Å². The highest BCUT2D eigenvalue weighted by Crippen LogP contribution is 2.26. The zero-order valence-corrected chi connectivity index (χ0v) is 20.3. The van der Waals surface area contributed by atoms with Gasteiger partial charge in [0.05, 0.1) is 21.6 Å². The first-order valence-electron chi connectivity index (χ1n) is 11.7. The van der Waals surface area contributed by atoms with Crippen LogP contribution in [0.25, 0.3) is 28.3 Å². The van der Waals surface area contributed by atoms with E-state index in [2.05, 4.69) is 47.1 Å². The van der Waals surface area contributed by atoms with Gasteiger partial charge in [0.1, 0.15) is 35.2 Å². The van der Waals surface area contributed by atoms with Gasteiger partial charge >= 0.3 is 0 Å². The Hall–Kier alpha value is -6.69. The van der Waals surface area contributed by atoms with Crippen LogP contribution in [0.5, 0.6) is 0 Å². The van der Waals surface area contributed by atoms with Crippen molar-refractivity contribution in [3.8, 4) is 47.1 Å². The molecule has 6 rings (SSSR count). The molecule has 3 heterocycles. The van der Waals surface area contributed by atoms with Crippen LogP contribution in [0.3, 0.4) is 0 Å². The molecule has 0 radical (unpaired) electrons. The molecule has 0 spiro atoms. The summed E-state index contributed by atoms with van der Waals surface area (Å²) in [5, 5.41) is 40.5. The molecule has 2 aliphatic heterocycles. The van der Waals surface area contributed by atoms with Crippen molar-refractivity contribution in [1.82, 2.24) is 15.0 Å². The van der Waals surface area contributed by atoms with Crippen molar-refractivity contribution >= 4 is 5.57 Å². The van der Waals surface area contributed by atoms with Crippen molar-refractivity contribution in [3.63, 3.8) is 0 Å². The highest BCUT2D eigenvalue weighted by Gasteiger charge is 2.22. The third-order valence-electron chi connectivity index (χ3n) is 5.96. The van der Waals surface area contributed by atoms with Gasteiger partial charge in [-0.2, -0.15) is 21.0 Å². The van der Waals surface area contributed by atoms with Crippen LogP contribution in [0, 0.1) is 45.3 Å². The second-order valence-corrected chi connectivity index (χ2v) is 8.31. The number of para-hydroxylation sites is 2. The predicted octanol–water partition coefficient (Wildman–Crippen LogP) is 1.73. The van der Waals surface area contributed by atoms with Crippen molar-refractivity contribution in [2.24, 2.45) is 20.0 Å². The molecule has 11 nitrogen and oxygen atoms in total. The molecule has 0 unspecified atom stereocenters. The summed E-state index contributed by atoms with van der Waals surface area (Å²) in [7, 11) is 0. The standard InChI is InChI=1S/C29H11N11/c30-12-17(13-31)26-36-23-11-10-18(19(14-32)24(23)37-26)27-38-25(16-6-2-1-3-7-16)39-29(40-27)20(15-33)28-34-21-8-4-5-9-22(21)35-28/h1-11H. The van der Waals surface area contributed by atoms with E-state index in [1.54, 1.807) is 36.4 Å². The monoisotopic (exact) mass is 513 g/mol. The molecule has 0 saturated heterocycles. The third kappa shape index (κ3) is 3.95. The van der Waals surface area contributed by atoms with E-state index >= 15 is 0 Å². The fourth-order valence-electron chi connectivity index (χ4n) is 4.11. The molecule has 2 aliphatic rings. The van der Waals surface area contributed by atoms with Gasteiger partial charge in [-0.25, -0.2) is 34.9 Å². The second-order valence-electron chi connectivity index (χ2n) is 8.31. The SMILES string of the molecule is N#CC(C#N)=C1N=c2ccc(-c3nc(C(C#N)=C4N=c5ccccc5=N4)nc(-c4ccccc4)n3)c(C#N)c2=N1. The lowest BCUT2D eigenvalue weighted by atomic mass is 10.1. The van der Waals surface area contributed by atoms with Crippen molar-refractivity contribution in [2.45, 2.75) is 0 Å². The molecule has 40 heavy (non-hydrogen) atoms. The van der Waals surface area contributed by atoms with Crippen LogP contribution in [0.15, 0.2) is 104 Å². The molecular formula is C29H11N11. The minimum atomic E-state index is -0.272. The van der Waals surface area contributed by atoms with Crippen molar-refractivity contribution < 1.29 is 0 Å². The maximum absolute atomic E-state index is 10.1. The number of hydrogen-bond acceptors (Lipinski definition) is 11. The average Bonchev–Trinajstić information content (AvgIpc) is 3.62. The number of benzene rings is 3. The fourth-order valence-corrected chi connectivity index (χ4v) is 4.11. The van der Waals surface area contributed by atoms with Crippen molar-refractivity contribution in [2.75, 3.05) is 0 Å². The van der Waals surface area contributed by atoms with Crippen LogP contribution in [-0.4, -0.2) is 15.0 Å². The number of rotatable bonds is 3.